The fraction of sp³-hybridized carbons (Fsp3) is 0.267. The number of nitriles is 1. The Hall–Kier alpha value is -1.74. The molecule has 0 amide bonds. The number of aryl methyl sites for hydroxylation is 1. The van der Waals surface area contributed by atoms with Crippen LogP contribution >= 0.6 is 22.9 Å². The molecule has 0 aliphatic carbocycles. The number of hydrogen-bond acceptors (Lipinski definition) is 5. The van der Waals surface area contributed by atoms with Gasteiger partial charge < -0.3 is 4.74 Å². The summed E-state index contributed by atoms with van der Waals surface area (Å²) in [6.07, 6.45) is 0. The number of nitrogens with zero attached hydrogens (tertiary/aromatic N) is 2. The van der Waals surface area contributed by atoms with Crippen molar-refractivity contribution in [3.8, 4) is 6.07 Å². The van der Waals surface area contributed by atoms with Crippen LogP contribution < -0.4 is 0 Å². The fourth-order valence-electron chi connectivity index (χ4n) is 1.73. The van der Waals surface area contributed by atoms with Crippen molar-refractivity contribution in [1.82, 2.24) is 4.98 Å². The molecule has 21 heavy (non-hydrogen) atoms. The highest BCUT2D eigenvalue weighted by molar-refractivity contribution is 7.09. The summed E-state index contributed by atoms with van der Waals surface area (Å²) in [7, 11) is 0. The molecule has 1 heterocycles. The molecule has 1 aromatic carbocycles. The zero-order valence-corrected chi connectivity index (χ0v) is 12.9. The van der Waals surface area contributed by atoms with E-state index in [1.165, 1.54) is 11.3 Å². The lowest BCUT2D eigenvalue weighted by molar-refractivity contribution is -0.124. The highest BCUT2D eigenvalue weighted by Crippen LogP contribution is 2.21. The second-order valence-corrected chi connectivity index (χ2v) is 5.74. The number of ether oxygens (including phenoxy) is 1. The van der Waals surface area contributed by atoms with Crippen molar-refractivity contribution in [2.75, 3.05) is 6.61 Å². The van der Waals surface area contributed by atoms with Crippen molar-refractivity contribution in [2.45, 2.75) is 19.4 Å². The zero-order valence-electron chi connectivity index (χ0n) is 11.4. The summed E-state index contributed by atoms with van der Waals surface area (Å²) in [6, 6.07) is 9.26. The Kier molecular flexibility index (Phi) is 5.45. The van der Waals surface area contributed by atoms with Gasteiger partial charge in [-0.3, -0.25) is 4.79 Å². The molecular weight excluding hydrogens is 308 g/mol. The second kappa shape index (κ2) is 7.32. The number of Topliss-reactive ketones (excluding diaryl/α,β-unsaturated/α-hetero) is 1. The number of hydrogen-bond donors (Lipinski definition) is 0. The van der Waals surface area contributed by atoms with Gasteiger partial charge in [-0.15, -0.1) is 11.3 Å². The fourth-order valence-corrected chi connectivity index (χ4v) is 2.78. The molecule has 1 aromatic heterocycles. The normalized spacial score (nSPS) is 11.9. The van der Waals surface area contributed by atoms with Crippen LogP contribution in [0.5, 0.6) is 0 Å². The van der Waals surface area contributed by atoms with Crippen LogP contribution in [0.2, 0.25) is 5.02 Å². The van der Waals surface area contributed by atoms with E-state index in [1.54, 1.807) is 6.07 Å². The third-order valence-electron chi connectivity index (χ3n) is 2.79. The Morgan fingerprint density at radius 3 is 2.90 bits per heavy atom. The molecule has 0 unspecified atom stereocenters. The topological polar surface area (TPSA) is 63.0 Å². The SMILES string of the molecule is Cc1csc([C@@H](C#N)C(=O)COCc2ccccc2Cl)n1. The standard InChI is InChI=1S/C15H13ClN2O2S/c1-10-9-21-15(18-10)12(6-17)14(19)8-20-7-11-4-2-3-5-13(11)16/h2-5,9,12H,7-8H2,1H3/t12-/m0/s1. The minimum absolute atomic E-state index is 0.137. The molecule has 0 saturated heterocycles. The smallest absolute Gasteiger partial charge is 0.182 e. The molecule has 0 N–H and O–H groups in total. The maximum absolute atomic E-state index is 12.0. The van der Waals surface area contributed by atoms with E-state index in [4.69, 9.17) is 21.6 Å². The predicted molar refractivity (Wildman–Crippen MR) is 81.3 cm³/mol. The molecule has 4 nitrogen and oxygen atoms in total. The van der Waals surface area contributed by atoms with E-state index in [0.29, 0.717) is 10.0 Å². The van der Waals surface area contributed by atoms with Crippen molar-refractivity contribution >= 4 is 28.7 Å². The molecule has 0 aliphatic rings. The van der Waals surface area contributed by atoms with Gasteiger partial charge in [0.25, 0.3) is 0 Å². The summed E-state index contributed by atoms with van der Waals surface area (Å²) in [5.41, 5.74) is 1.62. The van der Waals surface area contributed by atoms with Crippen LogP contribution in [-0.4, -0.2) is 17.4 Å². The molecule has 0 aliphatic heterocycles. The van der Waals surface area contributed by atoms with Crippen LogP contribution in [0.4, 0.5) is 0 Å². The summed E-state index contributed by atoms with van der Waals surface area (Å²) in [5.74, 6) is -1.16. The van der Waals surface area contributed by atoms with Crippen molar-refractivity contribution in [2.24, 2.45) is 0 Å². The van der Waals surface area contributed by atoms with Crippen LogP contribution in [0, 0.1) is 18.3 Å². The number of halogens is 1. The van der Waals surface area contributed by atoms with Gasteiger partial charge in [-0.25, -0.2) is 4.98 Å². The van der Waals surface area contributed by atoms with Gasteiger partial charge in [-0.2, -0.15) is 5.26 Å². The lowest BCUT2D eigenvalue weighted by atomic mass is 10.1. The number of benzene rings is 1. The minimum Gasteiger partial charge on any atom is -0.369 e. The molecule has 0 fully saturated rings. The van der Waals surface area contributed by atoms with Gasteiger partial charge in [0.15, 0.2) is 11.7 Å². The molecule has 2 rings (SSSR count). The second-order valence-electron chi connectivity index (χ2n) is 4.44. The summed E-state index contributed by atoms with van der Waals surface area (Å²) >= 11 is 7.31. The van der Waals surface area contributed by atoms with Gasteiger partial charge in [0.2, 0.25) is 0 Å². The van der Waals surface area contributed by atoms with Crippen molar-refractivity contribution in [1.29, 1.82) is 5.26 Å². The molecule has 2 aromatic rings. The van der Waals surface area contributed by atoms with E-state index < -0.39 is 5.92 Å². The first kappa shape index (κ1) is 15.6. The first-order valence-electron chi connectivity index (χ1n) is 6.27. The Balaban J connectivity index is 1.92. The predicted octanol–water partition coefficient (Wildman–Crippen LogP) is 3.50. The highest BCUT2D eigenvalue weighted by Gasteiger charge is 2.23. The Bertz CT molecular complexity index is 678. The van der Waals surface area contributed by atoms with E-state index in [0.717, 1.165) is 11.3 Å². The maximum Gasteiger partial charge on any atom is 0.182 e. The molecule has 0 saturated carbocycles. The van der Waals surface area contributed by atoms with Crippen molar-refractivity contribution < 1.29 is 9.53 Å². The van der Waals surface area contributed by atoms with Gasteiger partial charge in [0, 0.05) is 16.1 Å². The Morgan fingerprint density at radius 1 is 1.52 bits per heavy atom. The third kappa shape index (κ3) is 4.11. The largest absolute Gasteiger partial charge is 0.369 e. The van der Waals surface area contributed by atoms with Gasteiger partial charge in [-0.05, 0) is 18.6 Å². The van der Waals surface area contributed by atoms with E-state index in [-0.39, 0.29) is 19.0 Å². The van der Waals surface area contributed by atoms with Crippen LogP contribution in [0.1, 0.15) is 22.2 Å². The van der Waals surface area contributed by atoms with Crippen molar-refractivity contribution in [3.63, 3.8) is 0 Å². The Morgan fingerprint density at radius 2 is 2.29 bits per heavy atom. The average molecular weight is 321 g/mol. The van der Waals surface area contributed by atoms with Crippen molar-refractivity contribution in [3.05, 3.63) is 50.9 Å². The number of carbonyl (C=O) groups is 1. The van der Waals surface area contributed by atoms with Gasteiger partial charge in [-0.1, -0.05) is 29.8 Å². The number of thiazole rings is 1. The van der Waals surface area contributed by atoms with E-state index in [1.807, 2.05) is 36.6 Å². The summed E-state index contributed by atoms with van der Waals surface area (Å²) in [5, 5.41) is 12.1. The lowest BCUT2D eigenvalue weighted by Crippen LogP contribution is -2.17. The number of aromatic nitrogens is 1. The van der Waals surface area contributed by atoms with E-state index in [9.17, 15) is 4.79 Å². The first-order valence-corrected chi connectivity index (χ1v) is 7.53. The summed E-state index contributed by atoms with van der Waals surface area (Å²) in [4.78, 5) is 16.2. The van der Waals surface area contributed by atoms with Gasteiger partial charge >= 0.3 is 0 Å². The first-order chi connectivity index (χ1) is 10.1. The van der Waals surface area contributed by atoms with Crippen LogP contribution in [-0.2, 0) is 16.1 Å². The molecule has 0 spiro atoms. The highest BCUT2D eigenvalue weighted by atomic mass is 35.5. The summed E-state index contributed by atoms with van der Waals surface area (Å²) in [6.45, 7) is 1.93. The molecular formula is C15H13ClN2O2S. The Labute approximate surface area is 132 Å². The molecule has 6 heteroatoms. The van der Waals surface area contributed by atoms with Gasteiger partial charge in [0.05, 0.1) is 12.7 Å². The van der Waals surface area contributed by atoms with Crippen LogP contribution in [0.25, 0.3) is 0 Å². The number of rotatable bonds is 6. The average Bonchev–Trinajstić information content (AvgIpc) is 2.88. The monoisotopic (exact) mass is 320 g/mol. The van der Waals surface area contributed by atoms with Gasteiger partial charge in [0.1, 0.15) is 11.6 Å². The van der Waals surface area contributed by atoms with Crippen LogP contribution in [0.3, 0.4) is 0 Å². The maximum atomic E-state index is 12.0. The number of ketones is 1. The summed E-state index contributed by atoms with van der Waals surface area (Å²) < 4.78 is 5.37. The molecule has 108 valence electrons. The number of carbonyl (C=O) groups excluding carboxylic acids is 1. The lowest BCUT2D eigenvalue weighted by Gasteiger charge is -2.07. The molecule has 0 bridgehead atoms. The molecule has 1 atom stereocenters. The zero-order chi connectivity index (χ0) is 15.2. The minimum atomic E-state index is -0.866. The van der Waals surface area contributed by atoms with Crippen LogP contribution in [0.15, 0.2) is 29.6 Å². The molecule has 0 radical (unpaired) electrons. The van der Waals surface area contributed by atoms with E-state index in [2.05, 4.69) is 4.98 Å². The van der Waals surface area contributed by atoms with E-state index >= 15 is 0 Å². The third-order valence-corrected chi connectivity index (χ3v) is 4.19. The quantitative estimate of drug-likeness (QED) is 0.817.